The van der Waals surface area contributed by atoms with Crippen molar-refractivity contribution in [1.29, 1.82) is 5.26 Å². The van der Waals surface area contributed by atoms with Gasteiger partial charge in [0, 0.05) is 37.4 Å². The van der Waals surface area contributed by atoms with Crippen LogP contribution in [0, 0.1) is 25.2 Å². The van der Waals surface area contributed by atoms with Crippen molar-refractivity contribution in [1.82, 2.24) is 15.0 Å². The number of amides is 2. The average molecular weight is 430 g/mol. The molecule has 1 N–H and O–H groups in total. The van der Waals surface area contributed by atoms with E-state index in [1.54, 1.807) is 18.2 Å². The van der Waals surface area contributed by atoms with E-state index in [1.807, 2.05) is 36.6 Å². The third-order valence-corrected chi connectivity index (χ3v) is 5.77. The number of carbonyl (C=O) groups is 2. The van der Waals surface area contributed by atoms with E-state index in [0.717, 1.165) is 11.3 Å². The normalized spacial score (nSPS) is 15.5. The van der Waals surface area contributed by atoms with Gasteiger partial charge in [0.1, 0.15) is 11.8 Å². The summed E-state index contributed by atoms with van der Waals surface area (Å²) < 4.78 is 5.13. The first-order valence-corrected chi connectivity index (χ1v) is 10.1. The van der Waals surface area contributed by atoms with Crippen LogP contribution in [-0.2, 0) is 16.0 Å². The Morgan fingerprint density at radius 2 is 2.00 bits per heavy atom. The van der Waals surface area contributed by atoms with Crippen LogP contribution in [0.1, 0.15) is 29.5 Å². The fraction of sp³-hybridized carbons (Fsp3) is 0.429. The topological polar surface area (TPSA) is 102 Å². The highest BCUT2D eigenvalue weighted by Crippen LogP contribution is 2.21. The van der Waals surface area contributed by atoms with Gasteiger partial charge in [0.05, 0.1) is 28.7 Å². The minimum absolute atomic E-state index is 0.0355. The Balaban J connectivity index is 1.52. The Bertz CT molecular complexity index is 970. The van der Waals surface area contributed by atoms with Gasteiger partial charge in [-0.15, -0.1) is 0 Å². The summed E-state index contributed by atoms with van der Waals surface area (Å²) in [5.74, 6) is 0.548. The van der Waals surface area contributed by atoms with Gasteiger partial charge in [-0.1, -0.05) is 16.8 Å². The van der Waals surface area contributed by atoms with E-state index in [-0.39, 0.29) is 24.3 Å². The van der Waals surface area contributed by atoms with Crippen LogP contribution in [-0.4, -0.2) is 59.0 Å². The number of benzene rings is 1. The highest BCUT2D eigenvalue weighted by Gasteiger charge is 2.28. The molecule has 0 spiro atoms. The minimum Gasteiger partial charge on any atom is -0.361 e. The van der Waals surface area contributed by atoms with Gasteiger partial charge in [0.25, 0.3) is 0 Å². The van der Waals surface area contributed by atoms with Crippen molar-refractivity contribution in [2.24, 2.45) is 0 Å². The molecule has 1 fully saturated rings. The number of hydrogen-bond acceptors (Lipinski definition) is 6. The maximum Gasteiger partial charge on any atom is 0.241 e. The van der Waals surface area contributed by atoms with Gasteiger partial charge in [0.15, 0.2) is 0 Å². The third kappa shape index (κ3) is 4.81. The summed E-state index contributed by atoms with van der Waals surface area (Å²) in [6.45, 7) is 7.80. The number of aryl methyl sites for hydroxylation is 2. The van der Waals surface area contributed by atoms with Crippen LogP contribution in [0.25, 0.3) is 0 Å². The Hall–Kier alpha value is -2.89. The number of rotatable bonds is 5. The fourth-order valence-corrected chi connectivity index (χ4v) is 3.69. The standard InChI is InChI=1S/C21H24ClN5O3/c1-13-18(15(3)30-25-13)11-20(28)27-8-6-26(7-9-27)14(2)21(29)24-17-5-4-16(12-23)19(22)10-17/h4-5,10,14H,6-9,11H2,1-3H3,(H,24,29). The first-order valence-electron chi connectivity index (χ1n) is 9.74. The molecule has 1 aliphatic rings. The molecule has 1 saturated heterocycles. The molecule has 0 saturated carbocycles. The van der Waals surface area contributed by atoms with E-state index in [0.29, 0.717) is 48.2 Å². The van der Waals surface area contributed by atoms with Gasteiger partial charge in [-0.05, 0) is 39.0 Å². The summed E-state index contributed by atoms with van der Waals surface area (Å²) in [4.78, 5) is 29.1. The van der Waals surface area contributed by atoms with Gasteiger partial charge in [-0.25, -0.2) is 0 Å². The number of carbonyl (C=O) groups excluding carboxylic acids is 2. The van der Waals surface area contributed by atoms with Crippen LogP contribution in [0.15, 0.2) is 22.7 Å². The number of nitrogens with one attached hydrogen (secondary N) is 1. The van der Waals surface area contributed by atoms with Gasteiger partial charge >= 0.3 is 0 Å². The molecule has 0 aliphatic carbocycles. The molecule has 9 heteroatoms. The van der Waals surface area contributed by atoms with Gasteiger partial charge in [0.2, 0.25) is 11.8 Å². The number of halogens is 1. The highest BCUT2D eigenvalue weighted by atomic mass is 35.5. The Morgan fingerprint density at radius 3 is 2.57 bits per heavy atom. The number of anilines is 1. The first kappa shape index (κ1) is 21.8. The zero-order valence-electron chi connectivity index (χ0n) is 17.2. The van der Waals surface area contributed by atoms with Gasteiger partial charge in [-0.3, -0.25) is 14.5 Å². The smallest absolute Gasteiger partial charge is 0.241 e. The number of nitriles is 1. The fourth-order valence-electron chi connectivity index (χ4n) is 3.47. The first-order chi connectivity index (χ1) is 14.3. The molecule has 2 heterocycles. The predicted octanol–water partition coefficient (Wildman–Crippen LogP) is 2.53. The largest absolute Gasteiger partial charge is 0.361 e. The van der Waals surface area contributed by atoms with E-state index in [1.165, 1.54) is 0 Å². The second-order valence-electron chi connectivity index (χ2n) is 7.37. The molecule has 1 aromatic carbocycles. The zero-order chi connectivity index (χ0) is 21.8. The number of piperazine rings is 1. The van der Waals surface area contributed by atoms with E-state index >= 15 is 0 Å². The molecule has 1 aliphatic heterocycles. The molecule has 0 bridgehead atoms. The second-order valence-corrected chi connectivity index (χ2v) is 7.78. The lowest BCUT2D eigenvalue weighted by molar-refractivity contribution is -0.133. The number of nitrogens with zero attached hydrogens (tertiary/aromatic N) is 4. The summed E-state index contributed by atoms with van der Waals surface area (Å²) in [7, 11) is 0. The Labute approximate surface area is 180 Å². The molecule has 30 heavy (non-hydrogen) atoms. The summed E-state index contributed by atoms with van der Waals surface area (Å²) in [5, 5.41) is 16.0. The quantitative estimate of drug-likeness (QED) is 0.783. The van der Waals surface area contributed by atoms with Crippen LogP contribution in [0.2, 0.25) is 5.02 Å². The molecule has 2 aromatic rings. The van der Waals surface area contributed by atoms with Crippen LogP contribution in [0.5, 0.6) is 0 Å². The molecular formula is C21H24ClN5O3. The maximum absolute atomic E-state index is 12.6. The monoisotopic (exact) mass is 429 g/mol. The lowest BCUT2D eigenvalue weighted by Gasteiger charge is -2.37. The van der Waals surface area contributed by atoms with Crippen LogP contribution in [0.4, 0.5) is 5.69 Å². The van der Waals surface area contributed by atoms with Gasteiger partial charge < -0.3 is 14.7 Å². The summed E-state index contributed by atoms with van der Waals surface area (Å²) in [6, 6.07) is 6.42. The van der Waals surface area contributed by atoms with E-state index in [4.69, 9.17) is 21.4 Å². The zero-order valence-corrected chi connectivity index (χ0v) is 18.0. The van der Waals surface area contributed by atoms with Crippen molar-refractivity contribution >= 4 is 29.1 Å². The average Bonchev–Trinajstić information content (AvgIpc) is 3.05. The van der Waals surface area contributed by atoms with Crippen molar-refractivity contribution in [3.63, 3.8) is 0 Å². The lowest BCUT2D eigenvalue weighted by Crippen LogP contribution is -2.54. The maximum atomic E-state index is 12.6. The molecule has 3 rings (SSSR count). The molecular weight excluding hydrogens is 406 g/mol. The van der Waals surface area contributed by atoms with Crippen molar-refractivity contribution in [3.8, 4) is 6.07 Å². The molecule has 0 radical (unpaired) electrons. The molecule has 1 aromatic heterocycles. The summed E-state index contributed by atoms with van der Waals surface area (Å²) in [5.41, 5.74) is 2.49. The molecule has 1 unspecified atom stereocenters. The summed E-state index contributed by atoms with van der Waals surface area (Å²) >= 11 is 6.03. The summed E-state index contributed by atoms with van der Waals surface area (Å²) in [6.07, 6.45) is 0.274. The Morgan fingerprint density at radius 1 is 1.30 bits per heavy atom. The van der Waals surface area contributed by atoms with Crippen LogP contribution < -0.4 is 5.32 Å². The second kappa shape index (κ2) is 9.28. The number of hydrogen-bond donors (Lipinski definition) is 1. The van der Waals surface area contributed by atoms with E-state index in [2.05, 4.69) is 10.5 Å². The molecule has 8 nitrogen and oxygen atoms in total. The molecule has 158 valence electrons. The third-order valence-electron chi connectivity index (χ3n) is 5.46. The highest BCUT2D eigenvalue weighted by molar-refractivity contribution is 6.32. The van der Waals surface area contributed by atoms with Crippen molar-refractivity contribution < 1.29 is 14.1 Å². The van der Waals surface area contributed by atoms with Crippen LogP contribution >= 0.6 is 11.6 Å². The van der Waals surface area contributed by atoms with E-state index in [9.17, 15) is 9.59 Å². The minimum atomic E-state index is -0.362. The van der Waals surface area contributed by atoms with E-state index < -0.39 is 0 Å². The van der Waals surface area contributed by atoms with Crippen molar-refractivity contribution in [2.45, 2.75) is 33.2 Å². The van der Waals surface area contributed by atoms with Crippen molar-refractivity contribution in [2.75, 3.05) is 31.5 Å². The Kier molecular flexibility index (Phi) is 6.75. The predicted molar refractivity (Wildman–Crippen MR) is 112 cm³/mol. The van der Waals surface area contributed by atoms with Crippen molar-refractivity contribution in [3.05, 3.63) is 45.8 Å². The van der Waals surface area contributed by atoms with Gasteiger partial charge in [-0.2, -0.15) is 5.26 Å². The molecule has 1 atom stereocenters. The lowest BCUT2D eigenvalue weighted by atomic mass is 10.1. The number of aromatic nitrogens is 1. The SMILES string of the molecule is Cc1noc(C)c1CC(=O)N1CCN(C(C)C(=O)Nc2ccc(C#N)c(Cl)c2)CC1. The van der Waals surface area contributed by atoms with Crippen LogP contribution in [0.3, 0.4) is 0 Å². The molecule has 2 amide bonds.